The number of anilines is 1. The van der Waals surface area contributed by atoms with Crippen LogP contribution in [0.15, 0.2) is 29.3 Å². The summed E-state index contributed by atoms with van der Waals surface area (Å²) >= 11 is 0. The molecule has 5 heteroatoms. The standard InChI is InChI=1S/C12H13N3O2/c1-12(2)10(16)14-9(15-11(12)17)7-4-3-5-8(13)6-7/h3-6H,13H2,1-2H3,(H,14,15,16,17). The Morgan fingerprint density at radius 1 is 1.29 bits per heavy atom. The minimum atomic E-state index is -1.11. The number of nitrogen functional groups attached to an aromatic ring is 1. The lowest BCUT2D eigenvalue weighted by Crippen LogP contribution is -2.49. The Labute approximate surface area is 98.7 Å². The van der Waals surface area contributed by atoms with Crippen molar-refractivity contribution in [3.63, 3.8) is 0 Å². The summed E-state index contributed by atoms with van der Waals surface area (Å²) in [6.45, 7) is 3.09. The average molecular weight is 231 g/mol. The van der Waals surface area contributed by atoms with E-state index >= 15 is 0 Å². The molecule has 0 saturated heterocycles. The molecule has 2 rings (SSSR count). The van der Waals surface area contributed by atoms with E-state index in [4.69, 9.17) is 5.73 Å². The molecule has 3 N–H and O–H groups in total. The first kappa shape index (κ1) is 11.3. The Morgan fingerprint density at radius 3 is 2.59 bits per heavy atom. The smallest absolute Gasteiger partial charge is 0.262 e. The third-order valence-electron chi connectivity index (χ3n) is 2.71. The molecule has 0 atom stereocenters. The highest BCUT2D eigenvalue weighted by Gasteiger charge is 2.40. The van der Waals surface area contributed by atoms with Gasteiger partial charge in [0.05, 0.1) is 0 Å². The summed E-state index contributed by atoms with van der Waals surface area (Å²) < 4.78 is 0. The summed E-state index contributed by atoms with van der Waals surface area (Å²) in [5, 5.41) is 2.62. The van der Waals surface area contributed by atoms with Crippen LogP contribution in [0.25, 0.3) is 0 Å². The van der Waals surface area contributed by atoms with Gasteiger partial charge < -0.3 is 11.1 Å². The van der Waals surface area contributed by atoms with Crippen molar-refractivity contribution < 1.29 is 9.59 Å². The van der Waals surface area contributed by atoms with Crippen LogP contribution in [0.2, 0.25) is 0 Å². The van der Waals surface area contributed by atoms with Crippen molar-refractivity contribution in [2.24, 2.45) is 10.4 Å². The maximum Gasteiger partial charge on any atom is 0.262 e. The number of hydrogen-bond acceptors (Lipinski definition) is 3. The van der Waals surface area contributed by atoms with Gasteiger partial charge in [0.1, 0.15) is 11.3 Å². The number of carbonyl (C=O) groups excluding carboxylic acids is 2. The monoisotopic (exact) mass is 231 g/mol. The van der Waals surface area contributed by atoms with E-state index in [1.807, 2.05) is 0 Å². The van der Waals surface area contributed by atoms with Crippen LogP contribution >= 0.6 is 0 Å². The van der Waals surface area contributed by atoms with Gasteiger partial charge >= 0.3 is 0 Å². The second kappa shape index (κ2) is 3.69. The summed E-state index contributed by atoms with van der Waals surface area (Å²) in [6.07, 6.45) is 0. The quantitative estimate of drug-likeness (QED) is 0.551. The van der Waals surface area contributed by atoms with Crippen LogP contribution in [-0.2, 0) is 9.59 Å². The molecular formula is C12H13N3O2. The lowest BCUT2D eigenvalue weighted by Gasteiger charge is -2.25. The van der Waals surface area contributed by atoms with E-state index in [2.05, 4.69) is 10.3 Å². The van der Waals surface area contributed by atoms with Gasteiger partial charge in [-0.1, -0.05) is 12.1 Å². The molecule has 5 nitrogen and oxygen atoms in total. The van der Waals surface area contributed by atoms with E-state index in [1.165, 1.54) is 0 Å². The molecule has 0 saturated carbocycles. The first-order valence-electron chi connectivity index (χ1n) is 5.22. The molecule has 1 aliphatic heterocycles. The lowest BCUT2D eigenvalue weighted by molar-refractivity contribution is -0.139. The van der Waals surface area contributed by atoms with Gasteiger partial charge in [0.2, 0.25) is 5.91 Å². The van der Waals surface area contributed by atoms with Crippen LogP contribution in [0.4, 0.5) is 5.69 Å². The van der Waals surface area contributed by atoms with Gasteiger partial charge in [0.15, 0.2) is 0 Å². The third kappa shape index (κ3) is 1.91. The summed E-state index contributed by atoms with van der Waals surface area (Å²) in [4.78, 5) is 27.4. The van der Waals surface area contributed by atoms with E-state index in [1.54, 1.807) is 38.1 Å². The molecule has 17 heavy (non-hydrogen) atoms. The molecule has 0 bridgehead atoms. The maximum absolute atomic E-state index is 11.8. The molecule has 0 unspecified atom stereocenters. The highest BCUT2D eigenvalue weighted by Crippen LogP contribution is 2.22. The molecule has 0 aromatic heterocycles. The van der Waals surface area contributed by atoms with Gasteiger partial charge in [-0.05, 0) is 26.0 Å². The molecule has 0 radical (unpaired) electrons. The molecular weight excluding hydrogens is 218 g/mol. The molecule has 1 aliphatic rings. The largest absolute Gasteiger partial charge is 0.399 e. The van der Waals surface area contributed by atoms with E-state index in [-0.39, 0.29) is 11.7 Å². The van der Waals surface area contributed by atoms with Gasteiger partial charge in [-0.15, -0.1) is 0 Å². The second-order valence-electron chi connectivity index (χ2n) is 4.47. The lowest BCUT2D eigenvalue weighted by atomic mass is 9.89. The minimum absolute atomic E-state index is 0.256. The zero-order valence-electron chi connectivity index (χ0n) is 9.65. The number of rotatable bonds is 1. The van der Waals surface area contributed by atoms with Crippen LogP contribution < -0.4 is 11.1 Å². The van der Waals surface area contributed by atoms with Crippen LogP contribution in [0.3, 0.4) is 0 Å². The van der Waals surface area contributed by atoms with Crippen molar-refractivity contribution >= 4 is 23.3 Å². The Bertz CT molecular complexity index is 532. The van der Waals surface area contributed by atoms with Crippen LogP contribution in [0.1, 0.15) is 19.4 Å². The fourth-order valence-corrected chi connectivity index (χ4v) is 1.45. The van der Waals surface area contributed by atoms with E-state index in [0.29, 0.717) is 11.3 Å². The van der Waals surface area contributed by atoms with Crippen molar-refractivity contribution in [2.75, 3.05) is 5.73 Å². The number of amidine groups is 1. The van der Waals surface area contributed by atoms with Gasteiger partial charge in [0, 0.05) is 11.3 Å². The zero-order chi connectivity index (χ0) is 12.6. The van der Waals surface area contributed by atoms with Gasteiger partial charge in [0.25, 0.3) is 5.91 Å². The average Bonchev–Trinajstić information content (AvgIpc) is 2.26. The Morgan fingerprint density at radius 2 is 2.00 bits per heavy atom. The molecule has 1 aromatic carbocycles. The van der Waals surface area contributed by atoms with E-state index in [9.17, 15) is 9.59 Å². The predicted octanol–water partition coefficient (Wildman–Crippen LogP) is 0.698. The minimum Gasteiger partial charge on any atom is -0.399 e. The molecule has 0 fully saturated rings. The number of amides is 2. The van der Waals surface area contributed by atoms with E-state index < -0.39 is 11.3 Å². The number of hydrogen-bond donors (Lipinski definition) is 2. The Balaban J connectivity index is 2.43. The molecule has 1 heterocycles. The van der Waals surface area contributed by atoms with E-state index in [0.717, 1.165) is 0 Å². The molecule has 0 aliphatic carbocycles. The summed E-state index contributed by atoms with van der Waals surface area (Å²) in [5.74, 6) is -0.541. The number of nitrogens with two attached hydrogens (primary N) is 1. The summed E-state index contributed by atoms with van der Waals surface area (Å²) in [6, 6.07) is 6.86. The normalized spacial score (nSPS) is 18.6. The van der Waals surface area contributed by atoms with Gasteiger partial charge in [-0.3, -0.25) is 9.59 Å². The van der Waals surface area contributed by atoms with Crippen molar-refractivity contribution in [1.29, 1.82) is 0 Å². The Kier molecular flexibility index (Phi) is 2.46. The SMILES string of the molecule is CC1(C)C(=O)N=C(c2cccc(N)c2)NC1=O. The second-order valence-corrected chi connectivity index (χ2v) is 4.47. The van der Waals surface area contributed by atoms with Crippen LogP contribution in [-0.4, -0.2) is 17.6 Å². The van der Waals surface area contributed by atoms with Crippen LogP contribution in [0, 0.1) is 5.41 Å². The maximum atomic E-state index is 11.8. The number of benzene rings is 1. The number of carbonyl (C=O) groups is 2. The molecule has 2 amide bonds. The summed E-state index contributed by atoms with van der Waals surface area (Å²) in [7, 11) is 0. The Hall–Kier alpha value is -2.17. The first-order chi connectivity index (χ1) is 7.91. The fourth-order valence-electron chi connectivity index (χ4n) is 1.45. The number of aliphatic imine (C=N–C) groups is 1. The topological polar surface area (TPSA) is 84.6 Å². The number of nitrogens with zero attached hydrogens (tertiary/aromatic N) is 1. The third-order valence-corrected chi connectivity index (χ3v) is 2.71. The van der Waals surface area contributed by atoms with Crippen molar-refractivity contribution in [1.82, 2.24) is 5.32 Å². The fraction of sp³-hybridized carbons (Fsp3) is 0.250. The van der Waals surface area contributed by atoms with Crippen LogP contribution in [0.5, 0.6) is 0 Å². The predicted molar refractivity (Wildman–Crippen MR) is 64.3 cm³/mol. The molecule has 88 valence electrons. The van der Waals surface area contributed by atoms with Crippen molar-refractivity contribution in [2.45, 2.75) is 13.8 Å². The van der Waals surface area contributed by atoms with Crippen molar-refractivity contribution in [3.8, 4) is 0 Å². The highest BCUT2D eigenvalue weighted by molar-refractivity contribution is 6.22. The molecule has 0 spiro atoms. The van der Waals surface area contributed by atoms with Gasteiger partial charge in [-0.2, -0.15) is 4.99 Å². The number of nitrogens with one attached hydrogen (secondary N) is 1. The van der Waals surface area contributed by atoms with Gasteiger partial charge in [-0.25, -0.2) is 0 Å². The van der Waals surface area contributed by atoms with Crippen molar-refractivity contribution in [3.05, 3.63) is 29.8 Å². The first-order valence-corrected chi connectivity index (χ1v) is 5.22. The molecule has 1 aromatic rings. The highest BCUT2D eigenvalue weighted by atomic mass is 16.2. The zero-order valence-corrected chi connectivity index (χ0v) is 9.65. The summed E-state index contributed by atoms with van der Waals surface area (Å²) in [5.41, 5.74) is 5.71.